The van der Waals surface area contributed by atoms with E-state index in [2.05, 4.69) is 5.32 Å². The van der Waals surface area contributed by atoms with Crippen LogP contribution in [-0.2, 0) is 9.59 Å². The third-order valence-electron chi connectivity index (χ3n) is 3.36. The van der Waals surface area contributed by atoms with Gasteiger partial charge in [-0.25, -0.2) is 0 Å². The number of hydrogen-bond acceptors (Lipinski definition) is 3. The van der Waals surface area contributed by atoms with Crippen molar-refractivity contribution in [1.29, 1.82) is 0 Å². The maximum Gasteiger partial charge on any atom is 0.303 e. The molecule has 1 amide bonds. The molecule has 0 saturated heterocycles. The molecule has 0 radical (unpaired) electrons. The molecule has 0 spiro atoms. The largest absolute Gasteiger partial charge is 0.481 e. The van der Waals surface area contributed by atoms with Crippen LogP contribution in [0.1, 0.15) is 31.2 Å². The highest BCUT2D eigenvalue weighted by Gasteiger charge is 2.20. The predicted molar refractivity (Wildman–Crippen MR) is 77.3 cm³/mol. The summed E-state index contributed by atoms with van der Waals surface area (Å²) in [7, 11) is 0. The van der Waals surface area contributed by atoms with Gasteiger partial charge in [0, 0.05) is 19.5 Å². The molecule has 0 aromatic heterocycles. The lowest BCUT2D eigenvalue weighted by Gasteiger charge is -2.18. The summed E-state index contributed by atoms with van der Waals surface area (Å²) in [6, 6.07) is 9.35. The molecule has 1 aromatic rings. The van der Waals surface area contributed by atoms with Crippen LogP contribution in [-0.4, -0.2) is 30.1 Å². The van der Waals surface area contributed by atoms with E-state index >= 15 is 0 Å². The minimum Gasteiger partial charge on any atom is -0.481 e. The monoisotopic (exact) mass is 278 g/mol. The second-order valence-corrected chi connectivity index (χ2v) is 4.82. The van der Waals surface area contributed by atoms with Crippen molar-refractivity contribution in [2.45, 2.75) is 25.7 Å². The summed E-state index contributed by atoms with van der Waals surface area (Å²) in [5.41, 5.74) is 6.54. The molecule has 5 nitrogen and oxygen atoms in total. The van der Waals surface area contributed by atoms with Gasteiger partial charge in [0.15, 0.2) is 0 Å². The normalized spacial score (nSPS) is 13.5. The number of benzene rings is 1. The van der Waals surface area contributed by atoms with Crippen LogP contribution in [0.2, 0.25) is 0 Å². The van der Waals surface area contributed by atoms with Crippen molar-refractivity contribution >= 4 is 11.9 Å². The molecular formula is C15H22N2O3. The zero-order chi connectivity index (χ0) is 15.0. The fraction of sp³-hybridized carbons (Fsp3) is 0.467. The average molecular weight is 278 g/mol. The number of aliphatic carboxylic acids is 1. The number of nitrogens with two attached hydrogens (primary N) is 1. The van der Waals surface area contributed by atoms with Gasteiger partial charge >= 0.3 is 5.97 Å². The Labute approximate surface area is 119 Å². The molecule has 110 valence electrons. The molecule has 2 atom stereocenters. The Morgan fingerprint density at radius 3 is 2.45 bits per heavy atom. The SMILES string of the molecule is CCC(CNC(=O)C(CN)c1ccccc1)CC(=O)O. The van der Waals surface area contributed by atoms with E-state index in [9.17, 15) is 9.59 Å². The molecule has 0 aliphatic carbocycles. The van der Waals surface area contributed by atoms with Gasteiger partial charge in [-0.15, -0.1) is 0 Å². The molecule has 5 heteroatoms. The van der Waals surface area contributed by atoms with Crippen LogP contribution < -0.4 is 11.1 Å². The third-order valence-corrected chi connectivity index (χ3v) is 3.36. The summed E-state index contributed by atoms with van der Waals surface area (Å²) in [6.45, 7) is 2.51. The third kappa shape index (κ3) is 5.01. The zero-order valence-electron chi connectivity index (χ0n) is 11.7. The molecule has 1 aromatic carbocycles. The zero-order valence-corrected chi connectivity index (χ0v) is 11.7. The molecule has 0 heterocycles. The van der Waals surface area contributed by atoms with E-state index in [1.54, 1.807) is 0 Å². The van der Waals surface area contributed by atoms with E-state index in [0.29, 0.717) is 13.0 Å². The standard InChI is InChI=1S/C15H22N2O3/c1-2-11(8-14(18)19)10-17-15(20)13(9-16)12-6-4-3-5-7-12/h3-7,11,13H,2,8-10,16H2,1H3,(H,17,20)(H,18,19). The molecule has 0 aliphatic rings. The summed E-state index contributed by atoms with van der Waals surface area (Å²) >= 11 is 0. The quantitative estimate of drug-likeness (QED) is 0.669. The molecule has 1 rings (SSSR count). The van der Waals surface area contributed by atoms with Crippen LogP contribution in [0.15, 0.2) is 30.3 Å². The molecule has 0 saturated carbocycles. The molecule has 20 heavy (non-hydrogen) atoms. The first-order valence-electron chi connectivity index (χ1n) is 6.83. The molecule has 4 N–H and O–H groups in total. The van der Waals surface area contributed by atoms with Gasteiger partial charge in [0.1, 0.15) is 0 Å². The van der Waals surface area contributed by atoms with Crippen LogP contribution >= 0.6 is 0 Å². The molecule has 2 unspecified atom stereocenters. The Morgan fingerprint density at radius 2 is 1.95 bits per heavy atom. The van der Waals surface area contributed by atoms with Crippen LogP contribution in [0.25, 0.3) is 0 Å². The number of carboxylic acid groups (broad SMARTS) is 1. The van der Waals surface area contributed by atoms with Gasteiger partial charge in [0.05, 0.1) is 5.92 Å². The minimum absolute atomic E-state index is 0.0503. The molecule has 0 bridgehead atoms. The van der Waals surface area contributed by atoms with E-state index < -0.39 is 11.9 Å². The summed E-state index contributed by atoms with van der Waals surface area (Å²) in [6.07, 6.45) is 0.778. The van der Waals surface area contributed by atoms with Gasteiger partial charge in [0.2, 0.25) is 5.91 Å². The first-order chi connectivity index (χ1) is 9.58. The Balaban J connectivity index is 2.58. The van der Waals surface area contributed by atoms with Crippen LogP contribution in [0.4, 0.5) is 0 Å². The van der Waals surface area contributed by atoms with Crippen LogP contribution in [0, 0.1) is 5.92 Å². The van der Waals surface area contributed by atoms with Crippen LogP contribution in [0.5, 0.6) is 0 Å². The van der Waals surface area contributed by atoms with E-state index in [4.69, 9.17) is 10.8 Å². The average Bonchev–Trinajstić information content (AvgIpc) is 2.45. The Hall–Kier alpha value is -1.88. The summed E-state index contributed by atoms with van der Waals surface area (Å²) in [5, 5.41) is 11.6. The van der Waals surface area contributed by atoms with Crippen molar-refractivity contribution in [2.75, 3.05) is 13.1 Å². The van der Waals surface area contributed by atoms with Gasteiger partial charge in [0.25, 0.3) is 0 Å². The van der Waals surface area contributed by atoms with Gasteiger partial charge in [-0.1, -0.05) is 43.7 Å². The van der Waals surface area contributed by atoms with Crippen molar-refractivity contribution in [3.8, 4) is 0 Å². The Kier molecular flexibility index (Phi) is 6.73. The van der Waals surface area contributed by atoms with Gasteiger partial charge < -0.3 is 16.2 Å². The second kappa shape index (κ2) is 8.32. The maximum absolute atomic E-state index is 12.1. The molecule has 0 aliphatic heterocycles. The topological polar surface area (TPSA) is 92.4 Å². The van der Waals surface area contributed by atoms with Gasteiger partial charge in [-0.05, 0) is 11.5 Å². The maximum atomic E-state index is 12.1. The first-order valence-corrected chi connectivity index (χ1v) is 6.83. The number of hydrogen-bond donors (Lipinski definition) is 3. The number of rotatable bonds is 8. The fourth-order valence-electron chi connectivity index (χ4n) is 2.06. The number of amides is 1. The van der Waals surface area contributed by atoms with Crippen molar-refractivity contribution in [3.05, 3.63) is 35.9 Å². The number of carboxylic acids is 1. The van der Waals surface area contributed by atoms with Crippen LogP contribution in [0.3, 0.4) is 0 Å². The van der Waals surface area contributed by atoms with E-state index in [1.165, 1.54) is 0 Å². The smallest absolute Gasteiger partial charge is 0.303 e. The van der Waals surface area contributed by atoms with Gasteiger partial charge in [-0.3, -0.25) is 9.59 Å². The Morgan fingerprint density at radius 1 is 1.30 bits per heavy atom. The van der Waals surface area contributed by atoms with E-state index in [1.807, 2.05) is 37.3 Å². The van der Waals surface area contributed by atoms with Crippen molar-refractivity contribution < 1.29 is 14.7 Å². The lowest BCUT2D eigenvalue weighted by atomic mass is 9.97. The van der Waals surface area contributed by atoms with E-state index in [-0.39, 0.29) is 24.8 Å². The van der Waals surface area contributed by atoms with Gasteiger partial charge in [-0.2, -0.15) is 0 Å². The van der Waals surface area contributed by atoms with Crippen molar-refractivity contribution in [1.82, 2.24) is 5.32 Å². The highest BCUT2D eigenvalue weighted by molar-refractivity contribution is 5.83. The fourth-order valence-corrected chi connectivity index (χ4v) is 2.06. The summed E-state index contributed by atoms with van der Waals surface area (Å²) in [4.78, 5) is 22.8. The first kappa shape index (κ1) is 16.2. The highest BCUT2D eigenvalue weighted by atomic mass is 16.4. The number of nitrogens with one attached hydrogen (secondary N) is 1. The summed E-state index contributed by atoms with van der Waals surface area (Å²) in [5.74, 6) is -1.43. The van der Waals surface area contributed by atoms with Crippen molar-refractivity contribution in [2.24, 2.45) is 11.7 Å². The number of carbonyl (C=O) groups is 2. The van der Waals surface area contributed by atoms with Crippen molar-refractivity contribution in [3.63, 3.8) is 0 Å². The predicted octanol–water partition coefficient (Wildman–Crippen LogP) is 1.35. The lowest BCUT2D eigenvalue weighted by molar-refractivity contribution is -0.138. The lowest BCUT2D eigenvalue weighted by Crippen LogP contribution is -2.36. The highest BCUT2D eigenvalue weighted by Crippen LogP contribution is 2.15. The molecule has 0 fully saturated rings. The Bertz CT molecular complexity index is 434. The van der Waals surface area contributed by atoms with E-state index in [0.717, 1.165) is 5.56 Å². The molecular weight excluding hydrogens is 256 g/mol. The second-order valence-electron chi connectivity index (χ2n) is 4.82. The minimum atomic E-state index is -0.843. The number of carbonyl (C=O) groups excluding carboxylic acids is 1. The summed E-state index contributed by atoms with van der Waals surface area (Å²) < 4.78 is 0.